The topological polar surface area (TPSA) is 18.5 Å². The number of rotatable bonds is 13. The summed E-state index contributed by atoms with van der Waals surface area (Å²) in [4.78, 5) is 0. The zero-order valence-corrected chi connectivity index (χ0v) is 20.1. The van der Waals surface area contributed by atoms with Gasteiger partial charge < -0.3 is 8.85 Å². The van der Waals surface area contributed by atoms with E-state index >= 15 is 0 Å². The summed E-state index contributed by atoms with van der Waals surface area (Å²) < 4.78 is 264. The molecule has 0 radical (unpaired) electrons. The fourth-order valence-corrected chi connectivity index (χ4v) is 4.80. The van der Waals surface area contributed by atoms with Gasteiger partial charge in [0.25, 0.3) is 0 Å². The van der Waals surface area contributed by atoms with Crippen LogP contribution in [0.4, 0.5) is 83.4 Å². The summed E-state index contributed by atoms with van der Waals surface area (Å²) in [6, 6.07) is 0. The van der Waals surface area contributed by atoms with E-state index in [-0.39, 0.29) is 6.55 Å². The van der Waals surface area contributed by atoms with Crippen LogP contribution in [0.5, 0.6) is 0 Å². The Kier molecular flexibility index (Phi) is 9.29. The molecule has 0 aromatic carbocycles. The standard InChI is InChI=1S/C17H15F19O2Si/c1-7(2)37-39(5,38-8(3)4)10(20,21)6-9(18,19)11(22,23)12(24,25)13(26,27)14(28,29)15(30,31)16(32,33)17(34,35)36/h1,3,6H2,2,4-5H3. The Morgan fingerprint density at radius 3 is 1.03 bits per heavy atom. The summed E-state index contributed by atoms with van der Waals surface area (Å²) in [5.41, 5.74) is -5.60. The predicted octanol–water partition coefficient (Wildman–Crippen LogP) is 8.73. The normalized spacial score (nSPS) is 15.7. The molecule has 0 aliphatic rings. The molecular formula is C17H15F19O2Si. The lowest BCUT2D eigenvalue weighted by Crippen LogP contribution is -2.74. The molecule has 0 amide bonds. The number of hydrogen-bond acceptors (Lipinski definition) is 2. The van der Waals surface area contributed by atoms with E-state index in [2.05, 4.69) is 22.0 Å². The summed E-state index contributed by atoms with van der Waals surface area (Å²) in [7, 11) is -5.78. The molecule has 0 heterocycles. The Morgan fingerprint density at radius 1 is 0.513 bits per heavy atom. The minimum absolute atomic E-state index is 0.102. The fourth-order valence-electron chi connectivity index (χ4n) is 2.58. The van der Waals surface area contributed by atoms with Gasteiger partial charge in [-0.15, -0.1) is 0 Å². The van der Waals surface area contributed by atoms with Crippen LogP contribution in [0.25, 0.3) is 0 Å². The SMILES string of the molecule is C=C(C)O[Si](C)(OC(=C)C)C(F)(F)CC(F)(F)C(F)(F)C(F)(F)C(F)(F)C(F)(F)C(F)(F)C(F)(F)C(F)(F)F. The molecule has 0 aromatic heterocycles. The Morgan fingerprint density at radius 2 is 0.769 bits per heavy atom. The molecule has 0 spiro atoms. The highest BCUT2D eigenvalue weighted by atomic mass is 28.4. The summed E-state index contributed by atoms with van der Waals surface area (Å²) >= 11 is 0. The Balaban J connectivity index is 6.93. The first kappa shape index (κ1) is 37.0. The van der Waals surface area contributed by atoms with Gasteiger partial charge in [0.15, 0.2) is 0 Å². The van der Waals surface area contributed by atoms with Crippen LogP contribution in [0.1, 0.15) is 20.3 Å². The average Bonchev–Trinajstić information content (AvgIpc) is 2.63. The molecule has 0 aromatic rings. The van der Waals surface area contributed by atoms with Crippen LogP contribution < -0.4 is 0 Å². The van der Waals surface area contributed by atoms with Gasteiger partial charge in [0, 0.05) is 6.55 Å². The molecule has 22 heteroatoms. The number of allylic oxidation sites excluding steroid dienone is 2. The summed E-state index contributed by atoms with van der Waals surface area (Å²) in [5, 5.41) is 0. The highest BCUT2D eigenvalue weighted by Crippen LogP contribution is 2.64. The average molecular weight is 640 g/mol. The molecule has 0 saturated carbocycles. The van der Waals surface area contributed by atoms with Gasteiger partial charge >= 0.3 is 61.7 Å². The third-order valence-corrected chi connectivity index (χ3v) is 7.62. The number of hydrogen-bond donors (Lipinski definition) is 0. The van der Waals surface area contributed by atoms with Crippen molar-refractivity contribution >= 4 is 8.56 Å². The zero-order valence-electron chi connectivity index (χ0n) is 19.1. The van der Waals surface area contributed by atoms with Crippen LogP contribution in [-0.2, 0) is 8.85 Å². The largest absolute Gasteiger partial charge is 0.529 e. The van der Waals surface area contributed by atoms with Gasteiger partial charge in [0.1, 0.15) is 0 Å². The van der Waals surface area contributed by atoms with Crippen LogP contribution in [0.2, 0.25) is 6.55 Å². The van der Waals surface area contributed by atoms with Gasteiger partial charge in [-0.1, -0.05) is 13.2 Å². The lowest BCUT2D eigenvalue weighted by molar-refractivity contribution is -0.462. The molecular weight excluding hydrogens is 625 g/mol. The minimum Gasteiger partial charge on any atom is -0.514 e. The molecule has 0 aliphatic heterocycles. The number of halogens is 19. The molecule has 0 atom stereocenters. The van der Waals surface area contributed by atoms with E-state index in [4.69, 9.17) is 0 Å². The highest BCUT2D eigenvalue weighted by molar-refractivity contribution is 6.69. The van der Waals surface area contributed by atoms with Gasteiger partial charge in [-0.2, -0.15) is 74.6 Å². The first-order valence-electron chi connectivity index (χ1n) is 9.32. The summed E-state index contributed by atoms with van der Waals surface area (Å²) in [5.74, 6) is -60.7. The molecule has 0 rings (SSSR count). The zero-order chi connectivity index (χ0) is 32.3. The molecule has 232 valence electrons. The van der Waals surface area contributed by atoms with Crippen molar-refractivity contribution in [1.29, 1.82) is 0 Å². The number of alkyl halides is 19. The Hall–Kier alpha value is -2.03. The van der Waals surface area contributed by atoms with Crippen molar-refractivity contribution in [3.63, 3.8) is 0 Å². The second-order valence-corrected chi connectivity index (χ2v) is 11.1. The maximum Gasteiger partial charge on any atom is 0.529 e. The molecule has 0 fully saturated rings. The lowest BCUT2D eigenvalue weighted by atomic mass is 9.88. The van der Waals surface area contributed by atoms with Crippen LogP contribution in [0.3, 0.4) is 0 Å². The van der Waals surface area contributed by atoms with Crippen molar-refractivity contribution in [1.82, 2.24) is 0 Å². The van der Waals surface area contributed by atoms with Crippen LogP contribution in [0.15, 0.2) is 24.7 Å². The van der Waals surface area contributed by atoms with Gasteiger partial charge in [-0.25, -0.2) is 8.78 Å². The highest BCUT2D eigenvalue weighted by Gasteiger charge is 2.95. The molecule has 0 bridgehead atoms. The lowest BCUT2D eigenvalue weighted by Gasteiger charge is -2.43. The van der Waals surface area contributed by atoms with E-state index in [1.165, 1.54) is 0 Å². The molecule has 0 saturated heterocycles. The third-order valence-electron chi connectivity index (χ3n) is 4.63. The van der Waals surface area contributed by atoms with E-state index in [9.17, 15) is 83.4 Å². The van der Waals surface area contributed by atoms with Crippen molar-refractivity contribution in [2.45, 2.75) is 80.0 Å². The van der Waals surface area contributed by atoms with Crippen LogP contribution in [0, 0.1) is 0 Å². The fraction of sp³-hybridized carbons (Fsp3) is 0.765. The van der Waals surface area contributed by atoms with Gasteiger partial charge in [0.2, 0.25) is 0 Å². The quantitative estimate of drug-likeness (QED) is 0.114. The van der Waals surface area contributed by atoms with Crippen molar-refractivity contribution in [2.24, 2.45) is 0 Å². The molecule has 39 heavy (non-hydrogen) atoms. The molecule has 2 nitrogen and oxygen atoms in total. The Bertz CT molecular complexity index is 921. The molecule has 0 aliphatic carbocycles. The van der Waals surface area contributed by atoms with E-state index in [0.29, 0.717) is 0 Å². The van der Waals surface area contributed by atoms with Gasteiger partial charge in [-0.05, 0) is 13.8 Å². The van der Waals surface area contributed by atoms with Crippen molar-refractivity contribution in [3.05, 3.63) is 24.7 Å². The summed E-state index contributed by atoms with van der Waals surface area (Å²) in [6.07, 6.45) is -11.9. The molecule has 0 N–H and O–H groups in total. The van der Waals surface area contributed by atoms with Gasteiger partial charge in [-0.3, -0.25) is 0 Å². The van der Waals surface area contributed by atoms with E-state index < -0.39 is 79.7 Å². The van der Waals surface area contributed by atoms with Crippen molar-refractivity contribution in [3.8, 4) is 0 Å². The second-order valence-electron chi connectivity index (χ2n) is 8.08. The smallest absolute Gasteiger partial charge is 0.514 e. The van der Waals surface area contributed by atoms with E-state index in [1.54, 1.807) is 0 Å². The second kappa shape index (κ2) is 9.81. The minimum atomic E-state index is -8.87. The summed E-state index contributed by atoms with van der Waals surface area (Å²) in [6.45, 7) is 7.35. The first-order valence-corrected chi connectivity index (χ1v) is 11.6. The van der Waals surface area contributed by atoms with Gasteiger partial charge in [0.05, 0.1) is 17.9 Å². The third kappa shape index (κ3) is 5.62. The van der Waals surface area contributed by atoms with E-state index in [0.717, 1.165) is 13.8 Å². The van der Waals surface area contributed by atoms with E-state index in [1.807, 2.05) is 0 Å². The molecule has 0 unspecified atom stereocenters. The van der Waals surface area contributed by atoms with Crippen molar-refractivity contribution in [2.75, 3.05) is 0 Å². The first-order chi connectivity index (χ1) is 16.5. The maximum atomic E-state index is 14.6. The van der Waals surface area contributed by atoms with Crippen LogP contribution >= 0.6 is 0 Å². The predicted molar refractivity (Wildman–Crippen MR) is 93.7 cm³/mol. The van der Waals surface area contributed by atoms with Crippen LogP contribution in [-0.4, -0.2) is 61.7 Å². The van der Waals surface area contributed by atoms with Crippen molar-refractivity contribution < 1.29 is 92.3 Å². The maximum absolute atomic E-state index is 14.6. The Labute approximate surface area is 206 Å². The monoisotopic (exact) mass is 640 g/mol.